The van der Waals surface area contributed by atoms with E-state index in [1.807, 2.05) is 41.1 Å². The molecule has 1 atom stereocenters. The van der Waals surface area contributed by atoms with Crippen LogP contribution in [0.4, 0.5) is 5.69 Å². The third-order valence-corrected chi connectivity index (χ3v) is 7.03. The molecule has 9 nitrogen and oxygen atoms in total. The first-order valence-electron chi connectivity index (χ1n) is 12.8. The van der Waals surface area contributed by atoms with Crippen molar-refractivity contribution >= 4 is 56.4 Å². The molecule has 0 radical (unpaired) electrons. The minimum atomic E-state index is -0.644. The Bertz CT molecular complexity index is 1590. The normalized spacial score (nSPS) is 14.7. The fourth-order valence-corrected chi connectivity index (χ4v) is 5.24. The van der Waals surface area contributed by atoms with Gasteiger partial charge in [0.15, 0.2) is 0 Å². The van der Waals surface area contributed by atoms with E-state index in [0.717, 1.165) is 29.5 Å². The van der Waals surface area contributed by atoms with E-state index in [-0.39, 0.29) is 11.5 Å². The average molecular weight is 514 g/mol. The van der Waals surface area contributed by atoms with E-state index in [0.29, 0.717) is 40.9 Å². The molecular weight excluding hydrogens is 482 g/mol. The molecular formula is C29H31N5O4. The molecule has 0 aliphatic carbocycles. The van der Waals surface area contributed by atoms with E-state index in [4.69, 9.17) is 0 Å². The number of aromatic amines is 1. The summed E-state index contributed by atoms with van der Waals surface area (Å²) in [6.45, 7) is 8.00. The molecule has 4 N–H and O–H groups in total. The van der Waals surface area contributed by atoms with Gasteiger partial charge >= 0.3 is 0 Å². The number of amides is 3. The third kappa shape index (κ3) is 4.62. The van der Waals surface area contributed by atoms with Crippen LogP contribution in [0.2, 0.25) is 0 Å². The second-order valence-corrected chi connectivity index (χ2v) is 9.53. The van der Waals surface area contributed by atoms with Crippen molar-refractivity contribution in [3.8, 4) is 0 Å². The van der Waals surface area contributed by atoms with E-state index in [1.54, 1.807) is 18.3 Å². The van der Waals surface area contributed by atoms with E-state index >= 15 is 0 Å². The van der Waals surface area contributed by atoms with Gasteiger partial charge in [0.2, 0.25) is 5.91 Å². The molecule has 0 bridgehead atoms. The molecule has 1 aliphatic rings. The van der Waals surface area contributed by atoms with Gasteiger partial charge in [0.25, 0.3) is 11.8 Å². The van der Waals surface area contributed by atoms with Crippen LogP contribution in [0.15, 0.2) is 54.9 Å². The second-order valence-electron chi connectivity index (χ2n) is 9.53. The number of likely N-dealkylation sites (N-methyl/N-ethyl adjacent to an activating group) is 1. The number of hydrogen-bond donors (Lipinski definition) is 4. The Hall–Kier alpha value is -4.21. The molecule has 38 heavy (non-hydrogen) atoms. The number of carbonyl (C=O) groups excluding carboxylic acids is 3. The molecule has 1 unspecified atom stereocenters. The van der Waals surface area contributed by atoms with Gasteiger partial charge in [0.05, 0.1) is 17.3 Å². The summed E-state index contributed by atoms with van der Waals surface area (Å²) in [5, 5.41) is 17.7. The fraction of sp³-hybridized carbons (Fsp3) is 0.276. The molecule has 9 heteroatoms. The van der Waals surface area contributed by atoms with Crippen LogP contribution < -0.4 is 10.6 Å². The summed E-state index contributed by atoms with van der Waals surface area (Å²) in [7, 11) is 0. The summed E-state index contributed by atoms with van der Waals surface area (Å²) in [5.41, 5.74) is 3.97. The number of anilines is 1. The number of carbonyl (C=O) groups is 3. The molecule has 0 saturated carbocycles. The second kappa shape index (κ2) is 10.3. The SMILES string of the molecule is CCN(CC)CC(O)Cn1cc(C2=C(c3c[nH]c4ccccc34)C(=O)NC2=O)c2cc(NC(C)=O)ccc21. The number of imide groups is 1. The van der Waals surface area contributed by atoms with E-state index in [1.165, 1.54) is 6.92 Å². The zero-order chi connectivity index (χ0) is 27.0. The van der Waals surface area contributed by atoms with Crippen LogP contribution in [-0.4, -0.2) is 63.0 Å². The van der Waals surface area contributed by atoms with Crippen molar-refractivity contribution in [3.63, 3.8) is 0 Å². The highest BCUT2D eigenvalue weighted by molar-refractivity contribution is 6.50. The Kier molecular flexibility index (Phi) is 6.88. The molecule has 3 heterocycles. The molecule has 2 aromatic heterocycles. The molecule has 0 spiro atoms. The average Bonchev–Trinajstić information content (AvgIpc) is 3.54. The lowest BCUT2D eigenvalue weighted by Gasteiger charge is -2.22. The Morgan fingerprint density at radius 2 is 1.74 bits per heavy atom. The summed E-state index contributed by atoms with van der Waals surface area (Å²) in [5.74, 6) is -1.16. The van der Waals surface area contributed by atoms with Gasteiger partial charge in [-0.1, -0.05) is 32.0 Å². The van der Waals surface area contributed by atoms with Gasteiger partial charge in [-0.05, 0) is 37.4 Å². The van der Waals surface area contributed by atoms with Crippen molar-refractivity contribution < 1.29 is 19.5 Å². The summed E-state index contributed by atoms with van der Waals surface area (Å²) in [6.07, 6.45) is 2.92. The maximum Gasteiger partial charge on any atom is 0.259 e. The Morgan fingerprint density at radius 3 is 2.45 bits per heavy atom. The van der Waals surface area contributed by atoms with Crippen molar-refractivity contribution in [3.05, 3.63) is 66.0 Å². The highest BCUT2D eigenvalue weighted by Gasteiger charge is 2.35. The summed E-state index contributed by atoms with van der Waals surface area (Å²) in [4.78, 5) is 43.5. The molecule has 3 amide bonds. The number of para-hydroxylation sites is 1. The van der Waals surface area contributed by atoms with E-state index in [9.17, 15) is 19.5 Å². The number of nitrogens with zero attached hydrogens (tertiary/aromatic N) is 2. The molecule has 4 aromatic rings. The maximum atomic E-state index is 13.3. The van der Waals surface area contributed by atoms with Gasteiger partial charge in [-0.15, -0.1) is 0 Å². The predicted molar refractivity (Wildman–Crippen MR) is 148 cm³/mol. The van der Waals surface area contributed by atoms with Crippen LogP contribution >= 0.6 is 0 Å². The van der Waals surface area contributed by atoms with Gasteiger partial charge in [-0.2, -0.15) is 0 Å². The first kappa shape index (κ1) is 25.4. The standard InChI is InChI=1S/C29H31N5O4/c1-4-33(5-2)14-19(36)15-34-16-23(21-12-18(31-17(3)35)10-11-25(21)34)27-26(28(37)32-29(27)38)22-13-30-24-9-7-6-8-20(22)24/h6-13,16,19,30,36H,4-5,14-15H2,1-3H3,(H,31,35)(H,32,37,38). The zero-order valence-corrected chi connectivity index (χ0v) is 21.7. The van der Waals surface area contributed by atoms with Crippen LogP contribution in [0.1, 0.15) is 31.9 Å². The highest BCUT2D eigenvalue weighted by atomic mass is 16.3. The van der Waals surface area contributed by atoms with Crippen molar-refractivity contribution in [2.24, 2.45) is 0 Å². The number of H-pyrrole nitrogens is 1. The monoisotopic (exact) mass is 513 g/mol. The molecule has 0 saturated heterocycles. The quantitative estimate of drug-likeness (QED) is 0.256. The van der Waals surface area contributed by atoms with Gasteiger partial charge < -0.3 is 24.9 Å². The largest absolute Gasteiger partial charge is 0.390 e. The lowest BCUT2D eigenvalue weighted by molar-refractivity contribution is -0.123. The first-order valence-corrected chi connectivity index (χ1v) is 12.8. The van der Waals surface area contributed by atoms with Crippen LogP contribution in [0, 0.1) is 0 Å². The summed E-state index contributed by atoms with van der Waals surface area (Å²) >= 11 is 0. The molecule has 2 aromatic carbocycles. The predicted octanol–water partition coefficient (Wildman–Crippen LogP) is 3.35. The number of benzene rings is 2. The van der Waals surface area contributed by atoms with Crippen LogP contribution in [0.3, 0.4) is 0 Å². The first-order chi connectivity index (χ1) is 18.3. The zero-order valence-electron chi connectivity index (χ0n) is 21.7. The van der Waals surface area contributed by atoms with Crippen LogP contribution in [0.25, 0.3) is 33.0 Å². The number of aliphatic hydroxyl groups excluding tert-OH is 1. The minimum absolute atomic E-state index is 0.215. The smallest absolute Gasteiger partial charge is 0.259 e. The van der Waals surface area contributed by atoms with Crippen molar-refractivity contribution in [1.82, 2.24) is 19.8 Å². The number of hydrogen-bond acceptors (Lipinski definition) is 5. The van der Waals surface area contributed by atoms with E-state index in [2.05, 4.69) is 34.4 Å². The Balaban J connectivity index is 1.69. The Labute approximate surface area is 220 Å². The van der Waals surface area contributed by atoms with E-state index < -0.39 is 17.9 Å². The minimum Gasteiger partial charge on any atom is -0.390 e. The fourth-order valence-electron chi connectivity index (χ4n) is 5.24. The van der Waals surface area contributed by atoms with Crippen LogP contribution in [0.5, 0.6) is 0 Å². The summed E-state index contributed by atoms with van der Waals surface area (Å²) < 4.78 is 1.91. The van der Waals surface area contributed by atoms with Crippen molar-refractivity contribution in [2.75, 3.05) is 25.0 Å². The van der Waals surface area contributed by atoms with Gasteiger partial charge in [-0.3, -0.25) is 19.7 Å². The van der Waals surface area contributed by atoms with Crippen molar-refractivity contribution in [1.29, 1.82) is 0 Å². The molecule has 0 fully saturated rings. The Morgan fingerprint density at radius 1 is 1.03 bits per heavy atom. The molecule has 1 aliphatic heterocycles. The third-order valence-electron chi connectivity index (χ3n) is 7.03. The molecule has 196 valence electrons. The van der Waals surface area contributed by atoms with Gasteiger partial charge in [0, 0.05) is 71.0 Å². The molecule has 5 rings (SSSR count). The van der Waals surface area contributed by atoms with Gasteiger partial charge in [-0.25, -0.2) is 0 Å². The summed E-state index contributed by atoms with van der Waals surface area (Å²) in [6, 6.07) is 13.1. The number of nitrogens with one attached hydrogen (secondary N) is 3. The van der Waals surface area contributed by atoms with Gasteiger partial charge in [0.1, 0.15) is 0 Å². The lowest BCUT2D eigenvalue weighted by atomic mass is 9.95. The maximum absolute atomic E-state index is 13.3. The van der Waals surface area contributed by atoms with Crippen molar-refractivity contribution in [2.45, 2.75) is 33.4 Å². The number of aromatic nitrogens is 2. The number of rotatable bonds is 9. The van der Waals surface area contributed by atoms with Crippen LogP contribution in [-0.2, 0) is 20.9 Å². The number of fused-ring (bicyclic) bond motifs is 2. The highest BCUT2D eigenvalue weighted by Crippen LogP contribution is 2.39. The number of aliphatic hydroxyl groups is 1. The topological polar surface area (TPSA) is 119 Å². The lowest BCUT2D eigenvalue weighted by Crippen LogP contribution is -2.34.